The van der Waals surface area contributed by atoms with E-state index in [0.29, 0.717) is 16.3 Å². The molecular formula is C11H6ClFN2O2. The first-order valence-electron chi connectivity index (χ1n) is 4.64. The zero-order valence-electron chi connectivity index (χ0n) is 8.43. The molecule has 1 aromatic carbocycles. The molecule has 0 aliphatic heterocycles. The van der Waals surface area contributed by atoms with Gasteiger partial charge in [-0.25, -0.2) is 4.39 Å². The van der Waals surface area contributed by atoms with Gasteiger partial charge in [-0.1, -0.05) is 11.6 Å². The fraction of sp³-hybridized carbons (Fsp3) is 0. The third-order valence-electron chi connectivity index (χ3n) is 2.16. The lowest BCUT2D eigenvalue weighted by molar-refractivity contribution is -0.384. The zero-order valence-corrected chi connectivity index (χ0v) is 9.19. The molecule has 0 spiro atoms. The molecule has 17 heavy (non-hydrogen) atoms. The Hall–Kier alpha value is -2.01. The Morgan fingerprint density at radius 1 is 1.29 bits per heavy atom. The highest BCUT2D eigenvalue weighted by molar-refractivity contribution is 6.33. The molecule has 86 valence electrons. The number of rotatable bonds is 2. The maximum atomic E-state index is 12.7. The Morgan fingerprint density at radius 3 is 2.65 bits per heavy atom. The second-order valence-corrected chi connectivity index (χ2v) is 3.69. The molecule has 0 bridgehead atoms. The van der Waals surface area contributed by atoms with E-state index in [9.17, 15) is 14.5 Å². The summed E-state index contributed by atoms with van der Waals surface area (Å²) < 4.78 is 12.7. The number of nitro groups is 1. The largest absolute Gasteiger partial charge is 0.270 e. The fourth-order valence-electron chi connectivity index (χ4n) is 1.36. The molecule has 0 saturated carbocycles. The Morgan fingerprint density at radius 2 is 2.06 bits per heavy atom. The molecule has 6 heteroatoms. The predicted octanol–water partition coefficient (Wildman–Crippen LogP) is 3.45. The van der Waals surface area contributed by atoms with Crippen molar-refractivity contribution in [3.63, 3.8) is 0 Å². The Labute approximate surface area is 101 Å². The van der Waals surface area contributed by atoms with E-state index in [1.807, 2.05) is 0 Å². The zero-order chi connectivity index (χ0) is 12.4. The van der Waals surface area contributed by atoms with Crippen molar-refractivity contribution >= 4 is 17.3 Å². The van der Waals surface area contributed by atoms with Gasteiger partial charge in [-0.2, -0.15) is 0 Å². The van der Waals surface area contributed by atoms with Crippen LogP contribution in [0.15, 0.2) is 36.5 Å². The number of aromatic nitrogens is 1. The highest BCUT2D eigenvalue weighted by atomic mass is 35.5. The first kappa shape index (κ1) is 11.5. The molecule has 0 radical (unpaired) electrons. The van der Waals surface area contributed by atoms with E-state index in [4.69, 9.17) is 11.6 Å². The molecular weight excluding hydrogens is 247 g/mol. The normalized spacial score (nSPS) is 10.2. The van der Waals surface area contributed by atoms with Gasteiger partial charge < -0.3 is 0 Å². The van der Waals surface area contributed by atoms with Gasteiger partial charge >= 0.3 is 0 Å². The topological polar surface area (TPSA) is 56.0 Å². The number of hydrogen-bond donors (Lipinski definition) is 0. The van der Waals surface area contributed by atoms with E-state index < -0.39 is 10.7 Å². The lowest BCUT2D eigenvalue weighted by atomic mass is 10.1. The number of non-ortho nitro benzene ring substituents is 1. The molecule has 0 N–H and O–H groups in total. The minimum absolute atomic E-state index is 0.0875. The second kappa shape index (κ2) is 4.47. The van der Waals surface area contributed by atoms with E-state index in [1.54, 1.807) is 0 Å². The van der Waals surface area contributed by atoms with Crippen LogP contribution in [0.5, 0.6) is 0 Å². The van der Waals surface area contributed by atoms with E-state index in [-0.39, 0.29) is 5.69 Å². The Balaban J connectivity index is 2.54. The monoisotopic (exact) mass is 252 g/mol. The highest BCUT2D eigenvalue weighted by Crippen LogP contribution is 2.29. The number of nitro benzene ring substituents is 1. The standard InChI is InChI=1S/C11H6ClFN2O2/c12-10-3-2-8(15(16)17)5-9(10)11-4-1-7(13)6-14-11/h1-6H. The molecule has 2 rings (SSSR count). The summed E-state index contributed by atoms with van der Waals surface area (Å²) in [6.07, 6.45) is 1.03. The van der Waals surface area contributed by atoms with Crippen LogP contribution in [0.2, 0.25) is 5.02 Å². The number of hydrogen-bond acceptors (Lipinski definition) is 3. The molecule has 4 nitrogen and oxygen atoms in total. The quantitative estimate of drug-likeness (QED) is 0.608. The molecule has 0 aliphatic carbocycles. The first-order chi connectivity index (χ1) is 8.08. The average molecular weight is 253 g/mol. The average Bonchev–Trinajstić information content (AvgIpc) is 2.31. The van der Waals surface area contributed by atoms with Crippen molar-refractivity contribution in [1.29, 1.82) is 0 Å². The van der Waals surface area contributed by atoms with Gasteiger partial charge in [0.25, 0.3) is 5.69 Å². The molecule has 1 heterocycles. The molecule has 0 saturated heterocycles. The van der Waals surface area contributed by atoms with Gasteiger partial charge in [0.2, 0.25) is 0 Å². The van der Waals surface area contributed by atoms with Crippen LogP contribution in [-0.2, 0) is 0 Å². The predicted molar refractivity (Wildman–Crippen MR) is 61.3 cm³/mol. The first-order valence-corrected chi connectivity index (χ1v) is 5.01. The summed E-state index contributed by atoms with van der Waals surface area (Å²) in [5.41, 5.74) is 0.705. The van der Waals surface area contributed by atoms with Crippen LogP contribution < -0.4 is 0 Å². The summed E-state index contributed by atoms with van der Waals surface area (Å²) in [5, 5.41) is 11.0. The third-order valence-corrected chi connectivity index (χ3v) is 2.49. The summed E-state index contributed by atoms with van der Waals surface area (Å²) in [4.78, 5) is 13.9. The Bertz CT molecular complexity index is 572. The molecule has 2 aromatic rings. The maximum absolute atomic E-state index is 12.7. The smallest absolute Gasteiger partial charge is 0.258 e. The minimum Gasteiger partial charge on any atom is -0.258 e. The summed E-state index contributed by atoms with van der Waals surface area (Å²) in [5.74, 6) is -0.477. The second-order valence-electron chi connectivity index (χ2n) is 3.28. The third kappa shape index (κ3) is 2.39. The number of halogens is 2. The summed E-state index contributed by atoms with van der Waals surface area (Å²) in [6.45, 7) is 0. The summed E-state index contributed by atoms with van der Waals surface area (Å²) in [7, 11) is 0. The summed E-state index contributed by atoms with van der Waals surface area (Å²) >= 11 is 5.92. The molecule has 0 unspecified atom stereocenters. The van der Waals surface area contributed by atoms with E-state index in [2.05, 4.69) is 4.98 Å². The van der Waals surface area contributed by atoms with E-state index in [0.717, 1.165) is 6.20 Å². The van der Waals surface area contributed by atoms with Gasteiger partial charge in [0.1, 0.15) is 5.82 Å². The van der Waals surface area contributed by atoms with Crippen LogP contribution in [0.4, 0.5) is 10.1 Å². The summed E-state index contributed by atoms with van der Waals surface area (Å²) in [6, 6.07) is 6.66. The van der Waals surface area contributed by atoms with Crippen molar-refractivity contribution in [3.8, 4) is 11.3 Å². The lowest BCUT2D eigenvalue weighted by Gasteiger charge is -2.03. The van der Waals surface area contributed by atoms with Gasteiger partial charge in [0.15, 0.2) is 0 Å². The van der Waals surface area contributed by atoms with Crippen molar-refractivity contribution in [3.05, 3.63) is 57.5 Å². The van der Waals surface area contributed by atoms with Gasteiger partial charge in [-0.05, 0) is 18.2 Å². The van der Waals surface area contributed by atoms with Gasteiger partial charge in [-0.3, -0.25) is 15.1 Å². The van der Waals surface area contributed by atoms with Crippen molar-refractivity contribution in [2.45, 2.75) is 0 Å². The number of nitrogens with zero attached hydrogens (tertiary/aromatic N) is 2. The van der Waals surface area contributed by atoms with Crippen molar-refractivity contribution in [1.82, 2.24) is 4.98 Å². The van der Waals surface area contributed by atoms with Crippen LogP contribution in [-0.4, -0.2) is 9.91 Å². The van der Waals surface area contributed by atoms with Crippen molar-refractivity contribution in [2.24, 2.45) is 0 Å². The van der Waals surface area contributed by atoms with Crippen molar-refractivity contribution < 1.29 is 9.31 Å². The Kier molecular flexibility index (Phi) is 3.01. The van der Waals surface area contributed by atoms with Gasteiger partial charge in [-0.15, -0.1) is 0 Å². The molecule has 0 aliphatic rings. The molecule has 0 atom stereocenters. The van der Waals surface area contributed by atoms with E-state index >= 15 is 0 Å². The van der Waals surface area contributed by atoms with Crippen LogP contribution in [0.1, 0.15) is 0 Å². The molecule has 1 aromatic heterocycles. The van der Waals surface area contributed by atoms with Crippen LogP contribution in [0, 0.1) is 15.9 Å². The minimum atomic E-state index is -0.524. The van der Waals surface area contributed by atoms with Crippen molar-refractivity contribution in [2.75, 3.05) is 0 Å². The van der Waals surface area contributed by atoms with Crippen LogP contribution in [0.3, 0.4) is 0 Å². The van der Waals surface area contributed by atoms with Gasteiger partial charge in [0.05, 0.1) is 21.8 Å². The number of pyridine rings is 1. The molecule has 0 fully saturated rings. The SMILES string of the molecule is O=[N+]([O-])c1ccc(Cl)c(-c2ccc(F)cn2)c1. The van der Waals surface area contributed by atoms with Gasteiger partial charge in [0, 0.05) is 17.7 Å². The molecule has 0 amide bonds. The van der Waals surface area contributed by atoms with E-state index in [1.165, 1.54) is 30.3 Å². The maximum Gasteiger partial charge on any atom is 0.270 e. The lowest BCUT2D eigenvalue weighted by Crippen LogP contribution is -1.90. The van der Waals surface area contributed by atoms with Crippen LogP contribution >= 0.6 is 11.6 Å². The highest BCUT2D eigenvalue weighted by Gasteiger charge is 2.12. The fourth-order valence-corrected chi connectivity index (χ4v) is 1.57. The number of benzene rings is 1. The van der Waals surface area contributed by atoms with Crippen LogP contribution in [0.25, 0.3) is 11.3 Å².